The van der Waals surface area contributed by atoms with Crippen molar-refractivity contribution in [2.75, 3.05) is 6.61 Å². The van der Waals surface area contributed by atoms with E-state index in [4.69, 9.17) is 4.74 Å². The first-order valence-corrected chi connectivity index (χ1v) is 4.79. The third kappa shape index (κ3) is 1.65. The van der Waals surface area contributed by atoms with Crippen LogP contribution in [-0.2, 0) is 0 Å². The Morgan fingerprint density at radius 2 is 2.14 bits per heavy atom. The maximum atomic E-state index is 12.9. The Morgan fingerprint density at radius 1 is 1.36 bits per heavy atom. The fourth-order valence-electron chi connectivity index (χ4n) is 1.50. The van der Waals surface area contributed by atoms with Gasteiger partial charge in [-0.25, -0.2) is 4.39 Å². The van der Waals surface area contributed by atoms with Crippen LogP contribution in [0.1, 0.15) is 19.4 Å². The number of hydrogen-bond acceptors (Lipinski definition) is 1. The molecule has 0 spiro atoms. The molecule has 1 aliphatic rings. The van der Waals surface area contributed by atoms with Gasteiger partial charge in [0.15, 0.2) is 0 Å². The van der Waals surface area contributed by atoms with Crippen molar-refractivity contribution in [3.63, 3.8) is 0 Å². The maximum absolute atomic E-state index is 12.9. The van der Waals surface area contributed by atoms with E-state index in [0.29, 0.717) is 12.5 Å². The highest BCUT2D eigenvalue weighted by Gasteiger charge is 2.13. The van der Waals surface area contributed by atoms with E-state index in [9.17, 15) is 4.39 Å². The molecule has 2 heteroatoms. The van der Waals surface area contributed by atoms with E-state index in [1.807, 2.05) is 6.08 Å². The number of hydrogen-bond donors (Lipinski definition) is 0. The number of ether oxygens (including phenoxy) is 1. The molecule has 0 aliphatic carbocycles. The van der Waals surface area contributed by atoms with E-state index in [1.54, 1.807) is 6.07 Å². The van der Waals surface area contributed by atoms with Gasteiger partial charge in [0.25, 0.3) is 0 Å². The summed E-state index contributed by atoms with van der Waals surface area (Å²) < 4.78 is 18.5. The van der Waals surface area contributed by atoms with E-state index < -0.39 is 0 Å². The van der Waals surface area contributed by atoms with Gasteiger partial charge in [0.05, 0.1) is 0 Å². The zero-order chi connectivity index (χ0) is 10.1. The quantitative estimate of drug-likeness (QED) is 0.663. The number of halogens is 1. The summed E-state index contributed by atoms with van der Waals surface area (Å²) in [6.07, 6.45) is 2.02. The first-order valence-electron chi connectivity index (χ1n) is 4.79. The highest BCUT2D eigenvalue weighted by molar-refractivity contribution is 5.62. The first-order chi connectivity index (χ1) is 6.66. The summed E-state index contributed by atoms with van der Waals surface area (Å²) in [5.74, 6) is 1.01. The molecule has 0 unspecified atom stereocenters. The lowest BCUT2D eigenvalue weighted by Crippen LogP contribution is -2.11. The molecule has 1 aromatic rings. The molecule has 2 rings (SSSR count). The summed E-state index contributed by atoms with van der Waals surface area (Å²) >= 11 is 0. The highest BCUT2D eigenvalue weighted by Crippen LogP contribution is 2.29. The Hall–Kier alpha value is -1.31. The molecule has 1 aliphatic heterocycles. The molecule has 0 bridgehead atoms. The molecule has 0 atom stereocenters. The smallest absolute Gasteiger partial charge is 0.127 e. The molecular formula is C12H13FO. The average Bonchev–Trinajstić information content (AvgIpc) is 2.16. The van der Waals surface area contributed by atoms with Gasteiger partial charge in [0.2, 0.25) is 0 Å². The van der Waals surface area contributed by atoms with Crippen LogP contribution in [0, 0.1) is 11.7 Å². The lowest BCUT2D eigenvalue weighted by molar-refractivity contribution is 0.334. The molecule has 1 heterocycles. The molecule has 1 aromatic carbocycles. The SMILES string of the molecule is CC(C)C1=Cc2cc(F)ccc2OC1. The topological polar surface area (TPSA) is 9.23 Å². The van der Waals surface area contributed by atoms with E-state index in [-0.39, 0.29) is 5.82 Å². The van der Waals surface area contributed by atoms with Crippen molar-refractivity contribution in [3.8, 4) is 5.75 Å². The van der Waals surface area contributed by atoms with Gasteiger partial charge >= 0.3 is 0 Å². The van der Waals surface area contributed by atoms with Crippen LogP contribution in [0.3, 0.4) is 0 Å². The van der Waals surface area contributed by atoms with E-state index in [1.165, 1.54) is 17.7 Å². The summed E-state index contributed by atoms with van der Waals surface area (Å²) in [5, 5.41) is 0. The Labute approximate surface area is 83.2 Å². The zero-order valence-electron chi connectivity index (χ0n) is 8.38. The van der Waals surface area contributed by atoms with Crippen LogP contribution >= 0.6 is 0 Å². The van der Waals surface area contributed by atoms with Crippen LogP contribution in [0.2, 0.25) is 0 Å². The largest absolute Gasteiger partial charge is 0.489 e. The summed E-state index contributed by atoms with van der Waals surface area (Å²) in [7, 11) is 0. The Balaban J connectivity index is 2.42. The van der Waals surface area contributed by atoms with Gasteiger partial charge in [-0.1, -0.05) is 13.8 Å². The van der Waals surface area contributed by atoms with Crippen molar-refractivity contribution < 1.29 is 9.13 Å². The highest BCUT2D eigenvalue weighted by atomic mass is 19.1. The van der Waals surface area contributed by atoms with Gasteiger partial charge in [-0.3, -0.25) is 0 Å². The molecule has 0 saturated carbocycles. The minimum Gasteiger partial charge on any atom is -0.489 e. The lowest BCUT2D eigenvalue weighted by atomic mass is 9.99. The second-order valence-electron chi connectivity index (χ2n) is 3.84. The van der Waals surface area contributed by atoms with Crippen molar-refractivity contribution in [1.82, 2.24) is 0 Å². The van der Waals surface area contributed by atoms with Crippen LogP contribution in [-0.4, -0.2) is 6.61 Å². The third-order valence-corrected chi connectivity index (χ3v) is 2.45. The Bertz CT molecular complexity index is 380. The molecule has 0 amide bonds. The minimum absolute atomic E-state index is 0.214. The second-order valence-corrected chi connectivity index (χ2v) is 3.84. The molecule has 0 aromatic heterocycles. The minimum atomic E-state index is -0.214. The van der Waals surface area contributed by atoms with Crippen molar-refractivity contribution in [1.29, 1.82) is 0 Å². The van der Waals surface area contributed by atoms with E-state index in [2.05, 4.69) is 13.8 Å². The van der Waals surface area contributed by atoms with Gasteiger partial charge in [-0.15, -0.1) is 0 Å². The molecule has 0 N–H and O–H groups in total. The van der Waals surface area contributed by atoms with Crippen LogP contribution in [0.5, 0.6) is 5.75 Å². The van der Waals surface area contributed by atoms with Crippen molar-refractivity contribution >= 4 is 6.08 Å². The maximum Gasteiger partial charge on any atom is 0.127 e. The second kappa shape index (κ2) is 3.45. The molecule has 0 saturated heterocycles. The number of rotatable bonds is 1. The average molecular weight is 192 g/mol. The van der Waals surface area contributed by atoms with Crippen LogP contribution in [0.4, 0.5) is 4.39 Å². The zero-order valence-corrected chi connectivity index (χ0v) is 8.38. The van der Waals surface area contributed by atoms with Crippen LogP contribution in [0.25, 0.3) is 6.08 Å². The fraction of sp³-hybridized carbons (Fsp3) is 0.333. The first kappa shape index (κ1) is 9.25. The van der Waals surface area contributed by atoms with Crippen molar-refractivity contribution in [3.05, 3.63) is 35.2 Å². The van der Waals surface area contributed by atoms with E-state index in [0.717, 1.165) is 11.3 Å². The third-order valence-electron chi connectivity index (χ3n) is 2.45. The van der Waals surface area contributed by atoms with Crippen molar-refractivity contribution in [2.24, 2.45) is 5.92 Å². The number of benzene rings is 1. The van der Waals surface area contributed by atoms with Crippen LogP contribution in [0.15, 0.2) is 23.8 Å². The van der Waals surface area contributed by atoms with Gasteiger partial charge in [0, 0.05) is 5.56 Å². The normalized spacial score (nSPS) is 14.7. The Kier molecular flexibility index (Phi) is 2.28. The molecule has 0 fully saturated rings. The molecule has 14 heavy (non-hydrogen) atoms. The summed E-state index contributed by atoms with van der Waals surface area (Å²) in [6.45, 7) is 4.84. The monoisotopic (exact) mass is 192 g/mol. The summed E-state index contributed by atoms with van der Waals surface area (Å²) in [5.41, 5.74) is 2.06. The fourth-order valence-corrected chi connectivity index (χ4v) is 1.50. The summed E-state index contributed by atoms with van der Waals surface area (Å²) in [6, 6.07) is 4.61. The molecule has 74 valence electrons. The summed E-state index contributed by atoms with van der Waals surface area (Å²) in [4.78, 5) is 0. The van der Waals surface area contributed by atoms with Gasteiger partial charge in [0.1, 0.15) is 18.2 Å². The van der Waals surface area contributed by atoms with Gasteiger partial charge in [-0.2, -0.15) is 0 Å². The van der Waals surface area contributed by atoms with E-state index >= 15 is 0 Å². The van der Waals surface area contributed by atoms with Crippen LogP contribution < -0.4 is 4.74 Å². The lowest BCUT2D eigenvalue weighted by Gasteiger charge is -2.20. The van der Waals surface area contributed by atoms with Gasteiger partial charge < -0.3 is 4.74 Å². The number of fused-ring (bicyclic) bond motifs is 1. The van der Waals surface area contributed by atoms with Gasteiger partial charge in [-0.05, 0) is 35.8 Å². The standard InChI is InChI=1S/C12H13FO/c1-8(2)10-5-9-6-11(13)3-4-12(9)14-7-10/h3-6,8H,7H2,1-2H3. The molecular weight excluding hydrogens is 179 g/mol. The Morgan fingerprint density at radius 3 is 2.86 bits per heavy atom. The van der Waals surface area contributed by atoms with Crippen molar-refractivity contribution in [2.45, 2.75) is 13.8 Å². The molecule has 0 radical (unpaired) electrons. The predicted octanol–water partition coefficient (Wildman–Crippen LogP) is 3.26. The predicted molar refractivity (Wildman–Crippen MR) is 54.7 cm³/mol. The molecule has 1 nitrogen and oxygen atoms in total.